The Hall–Kier alpha value is -1.80. The molecule has 2 aromatic rings. The molecule has 1 aliphatic rings. The van der Waals surface area contributed by atoms with Crippen molar-refractivity contribution in [3.8, 4) is 5.75 Å². The van der Waals surface area contributed by atoms with E-state index in [4.69, 9.17) is 0 Å². The van der Waals surface area contributed by atoms with Crippen molar-refractivity contribution in [1.29, 1.82) is 0 Å². The Morgan fingerprint density at radius 1 is 0.905 bits per heavy atom. The number of benzene rings is 2. The molecule has 110 valence electrons. The van der Waals surface area contributed by atoms with Crippen LogP contribution in [0.15, 0.2) is 48.5 Å². The van der Waals surface area contributed by atoms with E-state index in [1.165, 1.54) is 37.7 Å². The third-order valence-electron chi connectivity index (χ3n) is 4.53. The number of aromatic hydroxyl groups is 1. The summed E-state index contributed by atoms with van der Waals surface area (Å²) < 4.78 is 0. The van der Waals surface area contributed by atoms with E-state index in [9.17, 15) is 10.2 Å². The van der Waals surface area contributed by atoms with Crippen LogP contribution < -0.4 is 0 Å². The molecule has 2 aromatic carbocycles. The van der Waals surface area contributed by atoms with Crippen molar-refractivity contribution in [3.63, 3.8) is 0 Å². The first-order valence-corrected chi connectivity index (χ1v) is 7.81. The van der Waals surface area contributed by atoms with Crippen molar-refractivity contribution in [2.24, 2.45) is 0 Å². The molecule has 3 rings (SSSR count). The van der Waals surface area contributed by atoms with Gasteiger partial charge in [0.2, 0.25) is 0 Å². The van der Waals surface area contributed by atoms with Gasteiger partial charge in [0.25, 0.3) is 0 Å². The summed E-state index contributed by atoms with van der Waals surface area (Å²) in [5, 5.41) is 20.5. The summed E-state index contributed by atoms with van der Waals surface area (Å²) in [6, 6.07) is 15.1. The predicted octanol–water partition coefficient (Wildman–Crippen LogP) is 4.52. The van der Waals surface area contributed by atoms with Gasteiger partial charge in [-0.1, -0.05) is 55.7 Å². The summed E-state index contributed by atoms with van der Waals surface area (Å²) in [7, 11) is 0. The van der Waals surface area contributed by atoms with Crippen LogP contribution in [-0.4, -0.2) is 10.2 Å². The van der Waals surface area contributed by atoms with E-state index in [0.717, 1.165) is 11.1 Å². The van der Waals surface area contributed by atoms with Gasteiger partial charge >= 0.3 is 0 Å². The van der Waals surface area contributed by atoms with Gasteiger partial charge in [-0.25, -0.2) is 0 Å². The highest BCUT2D eigenvalue weighted by atomic mass is 16.3. The van der Waals surface area contributed by atoms with E-state index in [1.807, 2.05) is 36.4 Å². The third-order valence-corrected chi connectivity index (χ3v) is 4.53. The van der Waals surface area contributed by atoms with Gasteiger partial charge in [0.15, 0.2) is 0 Å². The highest BCUT2D eigenvalue weighted by Gasteiger charge is 2.22. The van der Waals surface area contributed by atoms with Gasteiger partial charge < -0.3 is 10.2 Å². The lowest BCUT2D eigenvalue weighted by Crippen LogP contribution is -2.10. The molecule has 2 N–H and O–H groups in total. The molecule has 1 fully saturated rings. The van der Waals surface area contributed by atoms with Gasteiger partial charge in [0.05, 0.1) is 0 Å². The summed E-state index contributed by atoms with van der Waals surface area (Å²) >= 11 is 0. The van der Waals surface area contributed by atoms with Gasteiger partial charge in [0.1, 0.15) is 11.9 Å². The van der Waals surface area contributed by atoms with Crippen LogP contribution in [0, 0.1) is 0 Å². The van der Waals surface area contributed by atoms with Crippen LogP contribution in [0.4, 0.5) is 0 Å². The first kappa shape index (κ1) is 14.2. The minimum atomic E-state index is -0.671. The summed E-state index contributed by atoms with van der Waals surface area (Å²) in [6.07, 6.45) is 5.51. The van der Waals surface area contributed by atoms with E-state index in [-0.39, 0.29) is 5.75 Å². The Balaban J connectivity index is 1.98. The number of rotatable bonds is 3. The van der Waals surface area contributed by atoms with Crippen LogP contribution in [0.1, 0.15) is 60.8 Å². The lowest BCUT2D eigenvalue weighted by Gasteiger charge is -2.26. The normalized spacial score (nSPS) is 17.6. The maximum atomic E-state index is 10.7. The molecule has 0 radical (unpaired) electrons. The molecule has 0 spiro atoms. The maximum absolute atomic E-state index is 10.7. The number of aliphatic hydroxyl groups excluding tert-OH is 1. The summed E-state index contributed by atoms with van der Waals surface area (Å²) in [5.74, 6) is 0.729. The van der Waals surface area contributed by atoms with Crippen LogP contribution in [0.25, 0.3) is 0 Å². The predicted molar refractivity (Wildman–Crippen MR) is 84.4 cm³/mol. The average molecular weight is 282 g/mol. The topological polar surface area (TPSA) is 40.5 Å². The molecule has 2 heteroatoms. The Bertz CT molecular complexity index is 586. The lowest BCUT2D eigenvalue weighted by molar-refractivity contribution is 0.217. The minimum Gasteiger partial charge on any atom is -0.508 e. The SMILES string of the molecule is Oc1ccc(C2CCCCC2)c(C(O)c2ccccc2)c1. The first-order chi connectivity index (χ1) is 10.3. The fourth-order valence-corrected chi connectivity index (χ4v) is 3.40. The van der Waals surface area contributed by atoms with E-state index >= 15 is 0 Å². The monoisotopic (exact) mass is 282 g/mol. The second kappa shape index (κ2) is 6.31. The van der Waals surface area contributed by atoms with Crippen LogP contribution >= 0.6 is 0 Å². The first-order valence-electron chi connectivity index (χ1n) is 7.81. The molecule has 0 saturated heterocycles. The largest absolute Gasteiger partial charge is 0.508 e. The number of aliphatic hydroxyl groups is 1. The van der Waals surface area contributed by atoms with Crippen molar-refractivity contribution >= 4 is 0 Å². The van der Waals surface area contributed by atoms with Gasteiger partial charge in [-0.2, -0.15) is 0 Å². The smallest absolute Gasteiger partial charge is 0.115 e. The molecule has 0 aliphatic heterocycles. The fourth-order valence-electron chi connectivity index (χ4n) is 3.40. The van der Waals surface area contributed by atoms with Crippen molar-refractivity contribution in [1.82, 2.24) is 0 Å². The second-order valence-electron chi connectivity index (χ2n) is 5.96. The standard InChI is InChI=1S/C19H22O2/c20-16-11-12-17(14-7-3-1-4-8-14)18(13-16)19(21)15-9-5-2-6-10-15/h2,5-6,9-14,19-21H,1,3-4,7-8H2. The maximum Gasteiger partial charge on any atom is 0.115 e. The Labute approximate surface area is 126 Å². The summed E-state index contributed by atoms with van der Waals surface area (Å²) in [4.78, 5) is 0. The van der Waals surface area contributed by atoms with Crippen molar-refractivity contribution in [3.05, 3.63) is 65.2 Å². The van der Waals surface area contributed by atoms with Crippen molar-refractivity contribution in [2.75, 3.05) is 0 Å². The van der Waals surface area contributed by atoms with E-state index in [2.05, 4.69) is 0 Å². The van der Waals surface area contributed by atoms with Gasteiger partial charge in [0, 0.05) is 0 Å². The number of phenolic OH excluding ortho intramolecular Hbond substituents is 1. The Morgan fingerprint density at radius 3 is 2.33 bits per heavy atom. The van der Waals surface area contributed by atoms with Crippen LogP contribution in [0.2, 0.25) is 0 Å². The molecule has 0 bridgehead atoms. The van der Waals surface area contributed by atoms with Crippen molar-refractivity contribution in [2.45, 2.75) is 44.1 Å². The summed E-state index contributed by atoms with van der Waals surface area (Å²) in [6.45, 7) is 0. The molecule has 1 unspecified atom stereocenters. The molecule has 1 aliphatic carbocycles. The van der Waals surface area contributed by atoms with Crippen LogP contribution in [0.5, 0.6) is 5.75 Å². The van der Waals surface area contributed by atoms with Crippen LogP contribution in [0.3, 0.4) is 0 Å². The minimum absolute atomic E-state index is 0.222. The lowest BCUT2D eigenvalue weighted by atomic mass is 9.80. The molecule has 1 saturated carbocycles. The molecule has 21 heavy (non-hydrogen) atoms. The van der Waals surface area contributed by atoms with E-state index in [0.29, 0.717) is 5.92 Å². The van der Waals surface area contributed by atoms with Crippen molar-refractivity contribution < 1.29 is 10.2 Å². The number of hydrogen-bond donors (Lipinski definition) is 2. The fraction of sp³-hybridized carbons (Fsp3) is 0.368. The molecule has 0 heterocycles. The molecule has 2 nitrogen and oxygen atoms in total. The van der Waals surface area contributed by atoms with Gasteiger partial charge in [-0.15, -0.1) is 0 Å². The number of phenols is 1. The van der Waals surface area contributed by atoms with Crippen LogP contribution in [-0.2, 0) is 0 Å². The molecule has 0 amide bonds. The quantitative estimate of drug-likeness (QED) is 0.868. The van der Waals surface area contributed by atoms with Gasteiger partial charge in [-0.05, 0) is 47.6 Å². The van der Waals surface area contributed by atoms with E-state index in [1.54, 1.807) is 12.1 Å². The third kappa shape index (κ3) is 3.11. The highest BCUT2D eigenvalue weighted by molar-refractivity contribution is 5.42. The zero-order chi connectivity index (χ0) is 14.7. The Morgan fingerprint density at radius 2 is 1.62 bits per heavy atom. The van der Waals surface area contributed by atoms with E-state index < -0.39 is 6.10 Å². The second-order valence-corrected chi connectivity index (χ2v) is 5.96. The zero-order valence-corrected chi connectivity index (χ0v) is 12.2. The molecular formula is C19H22O2. The van der Waals surface area contributed by atoms with Gasteiger partial charge in [-0.3, -0.25) is 0 Å². The summed E-state index contributed by atoms with van der Waals surface area (Å²) in [5.41, 5.74) is 2.93. The Kier molecular flexibility index (Phi) is 4.26. The molecule has 0 aromatic heterocycles. The molecular weight excluding hydrogens is 260 g/mol. The average Bonchev–Trinajstić information content (AvgIpc) is 2.56. The zero-order valence-electron chi connectivity index (χ0n) is 12.2. The number of hydrogen-bond acceptors (Lipinski definition) is 2. The highest BCUT2D eigenvalue weighted by Crippen LogP contribution is 2.38. The molecule has 1 atom stereocenters.